The van der Waals surface area contributed by atoms with Crippen LogP contribution in [0.15, 0.2) is 0 Å². The molecule has 70 valence electrons. The first-order chi connectivity index (χ1) is 5.61. The van der Waals surface area contributed by atoms with Gasteiger partial charge in [0.05, 0.1) is 18.6 Å². The van der Waals surface area contributed by atoms with E-state index in [1.807, 2.05) is 13.8 Å². The molecule has 1 amide bonds. The van der Waals surface area contributed by atoms with Gasteiger partial charge in [0, 0.05) is 6.61 Å². The fourth-order valence-corrected chi connectivity index (χ4v) is 1.34. The Labute approximate surface area is 72.2 Å². The molecule has 12 heavy (non-hydrogen) atoms. The Balaban J connectivity index is 2.63. The molecule has 0 aliphatic carbocycles. The maximum Gasteiger partial charge on any atom is 0.252 e. The van der Waals surface area contributed by atoms with Crippen LogP contribution >= 0.6 is 0 Å². The molecule has 1 fully saturated rings. The van der Waals surface area contributed by atoms with E-state index in [1.54, 1.807) is 0 Å². The fraction of sp³-hybridized carbons (Fsp3) is 0.875. The molecule has 4 heteroatoms. The molecule has 1 aliphatic rings. The van der Waals surface area contributed by atoms with Crippen LogP contribution in [0.5, 0.6) is 0 Å². The van der Waals surface area contributed by atoms with Gasteiger partial charge in [0.1, 0.15) is 0 Å². The molecule has 0 saturated carbocycles. The Morgan fingerprint density at radius 3 is 2.83 bits per heavy atom. The molecule has 0 bridgehead atoms. The van der Waals surface area contributed by atoms with E-state index < -0.39 is 5.41 Å². The molecular weight excluding hydrogens is 158 g/mol. The SMILES string of the molecule is CONC(=O)C1(C)CCOC1C. The molecule has 2 unspecified atom stereocenters. The molecule has 4 nitrogen and oxygen atoms in total. The highest BCUT2D eigenvalue weighted by molar-refractivity contribution is 5.82. The van der Waals surface area contributed by atoms with E-state index in [2.05, 4.69) is 10.3 Å². The van der Waals surface area contributed by atoms with Crippen LogP contribution in [0.3, 0.4) is 0 Å². The molecule has 0 aromatic rings. The lowest BCUT2D eigenvalue weighted by Gasteiger charge is -2.24. The van der Waals surface area contributed by atoms with Crippen molar-refractivity contribution in [3.05, 3.63) is 0 Å². The van der Waals surface area contributed by atoms with Crippen LogP contribution in [0.1, 0.15) is 20.3 Å². The van der Waals surface area contributed by atoms with Crippen molar-refractivity contribution in [3.63, 3.8) is 0 Å². The fourth-order valence-electron chi connectivity index (χ4n) is 1.34. The monoisotopic (exact) mass is 173 g/mol. The topological polar surface area (TPSA) is 47.6 Å². The van der Waals surface area contributed by atoms with E-state index in [-0.39, 0.29) is 12.0 Å². The minimum atomic E-state index is -0.435. The molecule has 1 rings (SSSR count). The van der Waals surface area contributed by atoms with Crippen LogP contribution in [0.25, 0.3) is 0 Å². The van der Waals surface area contributed by atoms with E-state index >= 15 is 0 Å². The van der Waals surface area contributed by atoms with E-state index in [0.717, 1.165) is 6.42 Å². The Kier molecular flexibility index (Phi) is 2.69. The molecule has 1 aliphatic heterocycles. The van der Waals surface area contributed by atoms with Gasteiger partial charge < -0.3 is 4.74 Å². The van der Waals surface area contributed by atoms with Crippen LogP contribution in [-0.2, 0) is 14.4 Å². The molecule has 0 aromatic carbocycles. The van der Waals surface area contributed by atoms with Gasteiger partial charge in [-0.1, -0.05) is 0 Å². The predicted octanol–water partition coefficient (Wildman–Crippen LogP) is 0.479. The first-order valence-electron chi connectivity index (χ1n) is 4.06. The maximum absolute atomic E-state index is 11.5. The summed E-state index contributed by atoms with van der Waals surface area (Å²) in [6.07, 6.45) is 0.719. The molecule has 1 saturated heterocycles. The number of nitrogens with one attached hydrogen (secondary N) is 1. The van der Waals surface area contributed by atoms with Gasteiger partial charge in [0.2, 0.25) is 0 Å². The van der Waals surface area contributed by atoms with E-state index in [0.29, 0.717) is 6.61 Å². The maximum atomic E-state index is 11.5. The van der Waals surface area contributed by atoms with E-state index in [1.165, 1.54) is 7.11 Å². The Morgan fingerprint density at radius 2 is 2.42 bits per heavy atom. The summed E-state index contributed by atoms with van der Waals surface area (Å²) in [7, 11) is 1.43. The van der Waals surface area contributed by atoms with E-state index in [4.69, 9.17) is 4.74 Å². The summed E-state index contributed by atoms with van der Waals surface area (Å²) < 4.78 is 5.32. The van der Waals surface area contributed by atoms with Gasteiger partial charge in [-0.25, -0.2) is 5.48 Å². The van der Waals surface area contributed by atoms with Gasteiger partial charge >= 0.3 is 0 Å². The zero-order valence-electron chi connectivity index (χ0n) is 7.72. The average molecular weight is 173 g/mol. The van der Waals surface area contributed by atoms with Gasteiger partial charge in [-0.2, -0.15) is 0 Å². The van der Waals surface area contributed by atoms with Gasteiger partial charge in [-0.3, -0.25) is 9.63 Å². The van der Waals surface area contributed by atoms with Gasteiger partial charge in [-0.15, -0.1) is 0 Å². The molecule has 0 radical (unpaired) electrons. The minimum Gasteiger partial charge on any atom is -0.377 e. The number of hydrogen-bond donors (Lipinski definition) is 1. The van der Waals surface area contributed by atoms with Crippen molar-refractivity contribution in [1.82, 2.24) is 5.48 Å². The van der Waals surface area contributed by atoms with E-state index in [9.17, 15) is 4.79 Å². The quantitative estimate of drug-likeness (QED) is 0.618. The summed E-state index contributed by atoms with van der Waals surface area (Å²) in [5, 5.41) is 0. The summed E-state index contributed by atoms with van der Waals surface area (Å²) in [4.78, 5) is 16.0. The first kappa shape index (κ1) is 9.48. The predicted molar refractivity (Wildman–Crippen MR) is 43.3 cm³/mol. The second kappa shape index (κ2) is 3.41. The van der Waals surface area contributed by atoms with Gasteiger partial charge in [0.25, 0.3) is 5.91 Å². The number of carbonyl (C=O) groups is 1. The Hall–Kier alpha value is -0.610. The summed E-state index contributed by atoms with van der Waals surface area (Å²) in [5.41, 5.74) is 1.90. The van der Waals surface area contributed by atoms with Crippen LogP contribution in [0.4, 0.5) is 0 Å². The van der Waals surface area contributed by atoms with Crippen molar-refractivity contribution in [1.29, 1.82) is 0 Å². The van der Waals surface area contributed by atoms with Crippen molar-refractivity contribution in [3.8, 4) is 0 Å². The summed E-state index contributed by atoms with van der Waals surface area (Å²) in [5.74, 6) is -0.102. The lowest BCUT2D eigenvalue weighted by molar-refractivity contribution is -0.143. The van der Waals surface area contributed by atoms with Gasteiger partial charge in [0.15, 0.2) is 0 Å². The largest absolute Gasteiger partial charge is 0.377 e. The number of hydrogen-bond acceptors (Lipinski definition) is 3. The Bertz CT molecular complexity index is 183. The molecule has 0 spiro atoms. The van der Waals surface area contributed by atoms with Crippen LogP contribution in [0.2, 0.25) is 0 Å². The van der Waals surface area contributed by atoms with Crippen molar-refractivity contribution < 1.29 is 14.4 Å². The molecule has 0 aromatic heterocycles. The second-order valence-electron chi connectivity index (χ2n) is 3.32. The minimum absolute atomic E-state index is 0.0346. The molecule has 2 atom stereocenters. The number of amides is 1. The average Bonchev–Trinajstić information content (AvgIpc) is 2.34. The summed E-state index contributed by atoms with van der Waals surface area (Å²) >= 11 is 0. The van der Waals surface area contributed by atoms with Gasteiger partial charge in [-0.05, 0) is 20.3 Å². The lowest BCUT2D eigenvalue weighted by Crippen LogP contribution is -2.42. The summed E-state index contributed by atoms with van der Waals surface area (Å²) in [6.45, 7) is 4.44. The second-order valence-corrected chi connectivity index (χ2v) is 3.32. The van der Waals surface area contributed by atoms with Crippen molar-refractivity contribution in [2.24, 2.45) is 5.41 Å². The Morgan fingerprint density at radius 1 is 1.75 bits per heavy atom. The molecule has 1 N–H and O–H groups in total. The number of carbonyl (C=O) groups excluding carboxylic acids is 1. The summed E-state index contributed by atoms with van der Waals surface area (Å²) in [6, 6.07) is 0. The number of ether oxygens (including phenoxy) is 1. The van der Waals surface area contributed by atoms with Crippen molar-refractivity contribution >= 4 is 5.91 Å². The number of hydroxylamine groups is 1. The van der Waals surface area contributed by atoms with Crippen LogP contribution < -0.4 is 5.48 Å². The third-order valence-corrected chi connectivity index (χ3v) is 2.60. The highest BCUT2D eigenvalue weighted by Crippen LogP contribution is 2.34. The highest BCUT2D eigenvalue weighted by atomic mass is 16.6. The van der Waals surface area contributed by atoms with Crippen LogP contribution in [-0.4, -0.2) is 25.7 Å². The van der Waals surface area contributed by atoms with Crippen molar-refractivity contribution in [2.75, 3.05) is 13.7 Å². The molecular formula is C8H15NO3. The zero-order chi connectivity index (χ0) is 9.19. The smallest absolute Gasteiger partial charge is 0.252 e. The van der Waals surface area contributed by atoms with Crippen LogP contribution in [0, 0.1) is 5.41 Å². The first-order valence-corrected chi connectivity index (χ1v) is 4.06. The standard InChI is InChI=1S/C8H15NO3/c1-6-8(2,4-5-12-6)7(10)9-11-3/h6H,4-5H2,1-3H3,(H,9,10). The van der Waals surface area contributed by atoms with Crippen molar-refractivity contribution in [2.45, 2.75) is 26.4 Å². The third-order valence-electron chi connectivity index (χ3n) is 2.60. The molecule has 1 heterocycles. The zero-order valence-corrected chi connectivity index (χ0v) is 7.72. The number of rotatable bonds is 2. The third kappa shape index (κ3) is 1.44. The normalized spacial score (nSPS) is 35.1. The lowest BCUT2D eigenvalue weighted by atomic mass is 9.83. The highest BCUT2D eigenvalue weighted by Gasteiger charge is 2.43.